The van der Waals surface area contributed by atoms with Gasteiger partial charge in [-0.05, 0) is 6.42 Å². The Hall–Kier alpha value is -0.733. The van der Waals surface area contributed by atoms with Crippen LogP contribution < -0.4 is 0 Å². The van der Waals surface area contributed by atoms with Crippen molar-refractivity contribution >= 4 is 15.0 Å². The lowest BCUT2D eigenvalue weighted by Gasteiger charge is -2.39. The Bertz CT molecular complexity index is 328. The third-order valence-corrected chi connectivity index (χ3v) is 5.34. The van der Waals surface area contributed by atoms with Gasteiger partial charge in [-0.2, -0.15) is 0 Å². The summed E-state index contributed by atoms with van der Waals surface area (Å²) in [6, 6.07) is 0. The first kappa shape index (κ1) is 14.7. The molecule has 3 rings (SSSR count). The van der Waals surface area contributed by atoms with Crippen molar-refractivity contribution in [1.82, 2.24) is 4.90 Å². The Morgan fingerprint density at radius 2 is 2.16 bits per heavy atom. The Balaban J connectivity index is 2.15. The topological polar surface area (TPSA) is 57.2 Å². The molecule has 3 aliphatic rings. The van der Waals surface area contributed by atoms with E-state index < -0.39 is 15.0 Å². The molecule has 0 spiro atoms. The number of nitrogens with zero attached hydrogens (tertiary/aromatic N) is 1. The third-order valence-electron chi connectivity index (χ3n) is 3.15. The normalized spacial score (nSPS) is 35.0. The number of hydrogen-bond acceptors (Lipinski definition) is 6. The highest BCUT2D eigenvalue weighted by molar-refractivity contribution is 6.55. The first-order valence-electron chi connectivity index (χ1n) is 6.71. The number of rotatable bonds is 4. The number of carbonyl (C=O) groups excluding carboxylic acids is 1. The molecule has 0 aromatic carbocycles. The summed E-state index contributed by atoms with van der Waals surface area (Å²) in [7, 11) is -3.36. The van der Waals surface area contributed by atoms with Gasteiger partial charge >= 0.3 is 15.0 Å². The van der Waals surface area contributed by atoms with Crippen LogP contribution in [0.4, 0.5) is 0 Å². The van der Waals surface area contributed by atoms with Gasteiger partial charge in [0.05, 0.1) is 19.3 Å². The molecular formula is C12H21NO5Si. The van der Waals surface area contributed by atoms with Gasteiger partial charge in [-0.25, -0.2) is 4.79 Å². The molecule has 108 valence electrons. The SMILES string of the molecule is C=CC(=O)O[Si]12OCCN(CCO1)CC(CCC)O2. The summed E-state index contributed by atoms with van der Waals surface area (Å²) in [6.07, 6.45) is 2.98. The van der Waals surface area contributed by atoms with Crippen LogP contribution in [0.2, 0.25) is 0 Å². The molecule has 1 atom stereocenters. The van der Waals surface area contributed by atoms with Crippen molar-refractivity contribution in [3.8, 4) is 0 Å². The molecule has 6 nitrogen and oxygen atoms in total. The molecule has 0 aromatic rings. The molecule has 0 saturated carbocycles. The molecule has 3 heterocycles. The zero-order valence-electron chi connectivity index (χ0n) is 11.3. The van der Waals surface area contributed by atoms with Crippen LogP contribution in [0.25, 0.3) is 0 Å². The lowest BCUT2D eigenvalue weighted by Crippen LogP contribution is -2.60. The van der Waals surface area contributed by atoms with Crippen LogP contribution in [0, 0.1) is 0 Å². The van der Waals surface area contributed by atoms with Crippen LogP contribution in [-0.2, 0) is 22.5 Å². The molecule has 0 aliphatic carbocycles. The van der Waals surface area contributed by atoms with Crippen LogP contribution in [0.5, 0.6) is 0 Å². The van der Waals surface area contributed by atoms with E-state index in [0.29, 0.717) is 13.2 Å². The van der Waals surface area contributed by atoms with Gasteiger partial charge in [0.2, 0.25) is 0 Å². The second-order valence-electron chi connectivity index (χ2n) is 4.65. The first-order chi connectivity index (χ1) is 9.17. The molecule has 3 aliphatic heterocycles. The number of hydrogen-bond donors (Lipinski definition) is 0. The van der Waals surface area contributed by atoms with Crippen molar-refractivity contribution in [2.45, 2.75) is 25.9 Å². The smallest absolute Gasteiger partial charge is 0.449 e. The molecule has 0 amide bonds. The summed E-state index contributed by atoms with van der Waals surface area (Å²) in [6.45, 7) is 8.86. The molecular weight excluding hydrogens is 266 g/mol. The summed E-state index contributed by atoms with van der Waals surface area (Å²) in [5.41, 5.74) is 0. The predicted molar refractivity (Wildman–Crippen MR) is 70.2 cm³/mol. The van der Waals surface area contributed by atoms with E-state index in [9.17, 15) is 4.79 Å². The van der Waals surface area contributed by atoms with Gasteiger partial charge in [0.15, 0.2) is 0 Å². The quantitative estimate of drug-likeness (QED) is 0.560. The first-order valence-corrected chi connectivity index (χ1v) is 8.34. The highest BCUT2D eigenvalue weighted by Crippen LogP contribution is 2.22. The van der Waals surface area contributed by atoms with Crippen molar-refractivity contribution in [3.63, 3.8) is 0 Å². The Labute approximate surface area is 114 Å². The van der Waals surface area contributed by atoms with E-state index in [0.717, 1.165) is 38.6 Å². The van der Waals surface area contributed by atoms with E-state index in [1.165, 1.54) is 0 Å². The van der Waals surface area contributed by atoms with E-state index in [-0.39, 0.29) is 6.10 Å². The highest BCUT2D eigenvalue weighted by atomic mass is 28.4. The van der Waals surface area contributed by atoms with Crippen LogP contribution >= 0.6 is 0 Å². The van der Waals surface area contributed by atoms with E-state index in [2.05, 4.69) is 18.4 Å². The maximum absolute atomic E-state index is 11.5. The van der Waals surface area contributed by atoms with Gasteiger partial charge in [-0.15, -0.1) is 0 Å². The molecule has 1 unspecified atom stereocenters. The highest BCUT2D eigenvalue weighted by Gasteiger charge is 2.53. The Kier molecular flexibility index (Phi) is 5.11. The summed E-state index contributed by atoms with van der Waals surface area (Å²) in [5, 5.41) is 0. The van der Waals surface area contributed by atoms with E-state index in [4.69, 9.17) is 17.7 Å². The molecule has 0 N–H and O–H groups in total. The van der Waals surface area contributed by atoms with Crippen molar-refractivity contribution < 1.29 is 22.5 Å². The van der Waals surface area contributed by atoms with E-state index in [1.807, 2.05) is 0 Å². The average Bonchev–Trinajstić information content (AvgIpc) is 2.32. The lowest BCUT2D eigenvalue weighted by atomic mass is 10.2. The van der Waals surface area contributed by atoms with Gasteiger partial charge in [0, 0.05) is 25.7 Å². The molecule has 0 radical (unpaired) electrons. The largest absolute Gasteiger partial charge is 0.752 e. The van der Waals surface area contributed by atoms with Gasteiger partial charge < -0.3 is 17.7 Å². The van der Waals surface area contributed by atoms with Crippen molar-refractivity contribution in [1.29, 1.82) is 0 Å². The van der Waals surface area contributed by atoms with Gasteiger partial charge in [-0.3, -0.25) is 4.90 Å². The molecule has 2 bridgehead atoms. The molecule has 3 fully saturated rings. The van der Waals surface area contributed by atoms with E-state index >= 15 is 0 Å². The van der Waals surface area contributed by atoms with Crippen LogP contribution in [0.1, 0.15) is 19.8 Å². The maximum atomic E-state index is 11.5. The van der Waals surface area contributed by atoms with E-state index in [1.54, 1.807) is 0 Å². The molecule has 7 heteroatoms. The summed E-state index contributed by atoms with van der Waals surface area (Å²) in [5.74, 6) is -0.556. The van der Waals surface area contributed by atoms with Gasteiger partial charge in [0.1, 0.15) is 0 Å². The second-order valence-corrected chi connectivity index (χ2v) is 6.67. The third kappa shape index (κ3) is 3.87. The molecule has 0 aromatic heterocycles. The number of carbonyl (C=O) groups is 1. The number of fused-ring (bicyclic) bond motifs is 6. The minimum Gasteiger partial charge on any atom is -0.449 e. The minimum absolute atomic E-state index is 0.0186. The summed E-state index contributed by atoms with van der Waals surface area (Å²) >= 11 is 0. The Morgan fingerprint density at radius 3 is 2.74 bits per heavy atom. The standard InChI is InChI=1S/C12H21NO5Si/c1-3-5-11-10-13-6-8-15-19(17-11,16-9-7-13)18-12(14)4-2/h4,11H,2-3,5-10H2,1H3. The van der Waals surface area contributed by atoms with Gasteiger partial charge in [0.25, 0.3) is 0 Å². The van der Waals surface area contributed by atoms with Crippen LogP contribution in [0.15, 0.2) is 12.7 Å². The average molecular weight is 287 g/mol. The van der Waals surface area contributed by atoms with Gasteiger partial charge in [-0.1, -0.05) is 19.9 Å². The summed E-state index contributed by atoms with van der Waals surface area (Å²) in [4.78, 5) is 13.7. The predicted octanol–water partition coefficient (Wildman–Crippen LogP) is 0.699. The monoisotopic (exact) mass is 287 g/mol. The fraction of sp³-hybridized carbons (Fsp3) is 0.750. The lowest BCUT2D eigenvalue weighted by molar-refractivity contribution is -0.146. The maximum Gasteiger partial charge on any atom is 0.752 e. The molecule has 3 saturated heterocycles. The summed E-state index contributed by atoms with van der Waals surface area (Å²) < 4.78 is 22.5. The fourth-order valence-corrected chi connectivity index (χ4v) is 4.25. The van der Waals surface area contributed by atoms with Crippen molar-refractivity contribution in [2.24, 2.45) is 0 Å². The minimum atomic E-state index is -3.36. The zero-order valence-corrected chi connectivity index (χ0v) is 12.3. The van der Waals surface area contributed by atoms with Crippen molar-refractivity contribution in [3.05, 3.63) is 12.7 Å². The van der Waals surface area contributed by atoms with Crippen LogP contribution in [0.3, 0.4) is 0 Å². The fourth-order valence-electron chi connectivity index (χ4n) is 2.25. The second kappa shape index (κ2) is 6.62. The molecule has 19 heavy (non-hydrogen) atoms. The zero-order chi connectivity index (χ0) is 13.7. The van der Waals surface area contributed by atoms with Crippen LogP contribution in [-0.4, -0.2) is 58.9 Å². The Morgan fingerprint density at radius 1 is 1.47 bits per heavy atom. The van der Waals surface area contributed by atoms with Crippen molar-refractivity contribution in [2.75, 3.05) is 32.8 Å².